The summed E-state index contributed by atoms with van der Waals surface area (Å²) in [7, 11) is 0. The van der Waals surface area contributed by atoms with E-state index in [4.69, 9.17) is 5.26 Å². The van der Waals surface area contributed by atoms with Crippen LogP contribution in [0.15, 0.2) is 0 Å². The summed E-state index contributed by atoms with van der Waals surface area (Å²) in [6.07, 6.45) is 3.82. The maximum Gasteiger partial charge on any atom is 0.237 e. The molecule has 12 heavy (non-hydrogen) atoms. The number of nitrogens with one attached hydrogen (secondary N) is 1. The van der Waals surface area contributed by atoms with Crippen molar-refractivity contribution in [2.45, 2.75) is 30.6 Å². The lowest BCUT2D eigenvalue weighted by Gasteiger charge is -2.13. The van der Waals surface area contributed by atoms with Crippen molar-refractivity contribution in [1.82, 2.24) is 5.32 Å². The minimum absolute atomic E-state index is 0.0176. The van der Waals surface area contributed by atoms with E-state index in [0.29, 0.717) is 0 Å². The second-order valence-corrected chi connectivity index (χ2v) is 4.21. The first kappa shape index (κ1) is 9.40. The third-order valence-corrected chi connectivity index (χ3v) is 3.43. The molecule has 0 spiro atoms. The molecule has 1 rings (SSSR count). The summed E-state index contributed by atoms with van der Waals surface area (Å²) >= 11 is 1.58. The highest BCUT2D eigenvalue weighted by molar-refractivity contribution is 8.01. The molecule has 0 unspecified atom stereocenters. The van der Waals surface area contributed by atoms with Crippen LogP contribution < -0.4 is 5.32 Å². The maximum atomic E-state index is 11.4. The summed E-state index contributed by atoms with van der Waals surface area (Å²) in [6, 6.07) is 1.61. The van der Waals surface area contributed by atoms with E-state index in [0.717, 1.165) is 12.8 Å². The Morgan fingerprint density at radius 2 is 2.33 bits per heavy atom. The standard InChI is InChI=1S/C8H12N2OS/c1-6(5-9)10-7(11)8(12-2)3-4-8/h6H,3-4H2,1-2H3,(H,10,11)/t6-/m0/s1. The molecule has 0 aromatic rings. The number of thioether (sulfide) groups is 1. The van der Waals surface area contributed by atoms with Crippen LogP contribution in [0.3, 0.4) is 0 Å². The Labute approximate surface area is 76.5 Å². The van der Waals surface area contributed by atoms with Gasteiger partial charge in [-0.05, 0) is 26.0 Å². The molecule has 4 heteroatoms. The number of rotatable bonds is 3. The maximum absolute atomic E-state index is 11.4. The molecule has 1 N–H and O–H groups in total. The molecule has 0 aliphatic heterocycles. The van der Waals surface area contributed by atoms with Gasteiger partial charge in [0.2, 0.25) is 5.91 Å². The molecule has 1 aliphatic rings. The lowest BCUT2D eigenvalue weighted by molar-refractivity contribution is -0.121. The average molecular weight is 184 g/mol. The van der Waals surface area contributed by atoms with Crippen molar-refractivity contribution >= 4 is 17.7 Å². The Balaban J connectivity index is 2.45. The Morgan fingerprint density at radius 1 is 1.75 bits per heavy atom. The quantitative estimate of drug-likeness (QED) is 0.709. The first-order valence-electron chi connectivity index (χ1n) is 3.90. The number of amides is 1. The molecule has 0 aromatic carbocycles. The van der Waals surface area contributed by atoms with Gasteiger partial charge in [-0.1, -0.05) is 0 Å². The topological polar surface area (TPSA) is 52.9 Å². The monoisotopic (exact) mass is 184 g/mol. The van der Waals surface area contributed by atoms with E-state index < -0.39 is 0 Å². The third-order valence-electron chi connectivity index (χ3n) is 2.05. The van der Waals surface area contributed by atoms with E-state index in [9.17, 15) is 4.79 Å². The number of carbonyl (C=O) groups excluding carboxylic acids is 1. The minimum atomic E-state index is -0.373. The molecule has 1 saturated carbocycles. The molecule has 66 valence electrons. The summed E-state index contributed by atoms with van der Waals surface area (Å²) in [6.45, 7) is 1.69. The van der Waals surface area contributed by atoms with Crippen LogP contribution in [0.1, 0.15) is 19.8 Å². The number of carbonyl (C=O) groups is 1. The van der Waals surface area contributed by atoms with Gasteiger partial charge in [-0.2, -0.15) is 5.26 Å². The van der Waals surface area contributed by atoms with Crippen LogP contribution in [0.25, 0.3) is 0 Å². The smallest absolute Gasteiger partial charge is 0.237 e. The second kappa shape index (κ2) is 3.36. The van der Waals surface area contributed by atoms with Crippen LogP contribution >= 0.6 is 11.8 Å². The van der Waals surface area contributed by atoms with Crippen LogP contribution in [0.4, 0.5) is 0 Å². The van der Waals surface area contributed by atoms with Gasteiger partial charge in [0.1, 0.15) is 6.04 Å². The molecule has 0 heterocycles. The van der Waals surface area contributed by atoms with Gasteiger partial charge >= 0.3 is 0 Å². The number of hydrogen-bond donors (Lipinski definition) is 1. The average Bonchev–Trinajstić information content (AvgIpc) is 2.84. The second-order valence-electron chi connectivity index (χ2n) is 3.02. The van der Waals surface area contributed by atoms with Crippen LogP contribution in [-0.2, 0) is 4.79 Å². The molecule has 3 nitrogen and oxygen atoms in total. The van der Waals surface area contributed by atoms with Gasteiger partial charge in [-0.3, -0.25) is 4.79 Å². The Kier molecular flexibility index (Phi) is 2.63. The highest BCUT2D eigenvalue weighted by Crippen LogP contribution is 2.47. The van der Waals surface area contributed by atoms with Crippen molar-refractivity contribution in [2.75, 3.05) is 6.26 Å². The zero-order valence-electron chi connectivity index (χ0n) is 7.26. The van der Waals surface area contributed by atoms with Crippen LogP contribution in [0.5, 0.6) is 0 Å². The summed E-state index contributed by atoms with van der Waals surface area (Å²) in [4.78, 5) is 11.4. The van der Waals surface area contributed by atoms with Gasteiger partial charge in [-0.25, -0.2) is 0 Å². The van der Waals surface area contributed by atoms with E-state index in [2.05, 4.69) is 5.32 Å². The molecule has 1 atom stereocenters. The fraction of sp³-hybridized carbons (Fsp3) is 0.750. The Bertz CT molecular complexity index is 230. The SMILES string of the molecule is CSC1(C(=O)N[C@@H](C)C#N)CC1. The number of nitriles is 1. The summed E-state index contributed by atoms with van der Waals surface area (Å²) < 4.78 is -0.203. The summed E-state index contributed by atoms with van der Waals surface area (Å²) in [5, 5.41) is 11.1. The highest BCUT2D eigenvalue weighted by atomic mass is 32.2. The van der Waals surface area contributed by atoms with Crippen molar-refractivity contribution in [3.8, 4) is 6.07 Å². The van der Waals surface area contributed by atoms with Gasteiger partial charge in [-0.15, -0.1) is 11.8 Å². The molecule has 0 saturated heterocycles. The predicted molar refractivity (Wildman–Crippen MR) is 48.7 cm³/mol. The van der Waals surface area contributed by atoms with Crippen molar-refractivity contribution in [3.63, 3.8) is 0 Å². The van der Waals surface area contributed by atoms with Crippen molar-refractivity contribution in [2.24, 2.45) is 0 Å². The van der Waals surface area contributed by atoms with Crippen LogP contribution in [-0.4, -0.2) is 23.0 Å². The Hall–Kier alpha value is -0.690. The van der Waals surface area contributed by atoms with Gasteiger partial charge in [0.15, 0.2) is 0 Å². The van der Waals surface area contributed by atoms with E-state index >= 15 is 0 Å². The number of nitrogens with zero attached hydrogens (tertiary/aromatic N) is 1. The fourth-order valence-electron chi connectivity index (χ4n) is 0.998. The fourth-order valence-corrected chi connectivity index (χ4v) is 1.75. The van der Waals surface area contributed by atoms with E-state index in [1.165, 1.54) is 0 Å². The predicted octanol–water partition coefficient (Wildman–Crippen LogP) is 0.910. The van der Waals surface area contributed by atoms with E-state index in [1.54, 1.807) is 18.7 Å². The lowest BCUT2D eigenvalue weighted by atomic mass is 10.3. The van der Waals surface area contributed by atoms with Gasteiger partial charge in [0.25, 0.3) is 0 Å². The van der Waals surface area contributed by atoms with Crippen LogP contribution in [0, 0.1) is 11.3 Å². The zero-order valence-corrected chi connectivity index (χ0v) is 8.07. The van der Waals surface area contributed by atoms with Gasteiger partial charge in [0.05, 0.1) is 10.8 Å². The molecular formula is C8H12N2OS. The lowest BCUT2D eigenvalue weighted by Crippen LogP contribution is -2.39. The van der Waals surface area contributed by atoms with E-state index in [-0.39, 0.29) is 16.7 Å². The minimum Gasteiger partial charge on any atom is -0.339 e. The highest BCUT2D eigenvalue weighted by Gasteiger charge is 2.49. The summed E-state index contributed by atoms with van der Waals surface area (Å²) in [5.74, 6) is 0.0176. The molecule has 0 aromatic heterocycles. The summed E-state index contributed by atoms with van der Waals surface area (Å²) in [5.41, 5.74) is 0. The molecule has 0 bridgehead atoms. The van der Waals surface area contributed by atoms with Crippen molar-refractivity contribution in [1.29, 1.82) is 5.26 Å². The first-order chi connectivity index (χ1) is 5.64. The third kappa shape index (κ3) is 1.72. The molecule has 1 amide bonds. The normalized spacial score (nSPS) is 20.8. The largest absolute Gasteiger partial charge is 0.339 e. The van der Waals surface area contributed by atoms with Crippen molar-refractivity contribution < 1.29 is 4.79 Å². The molecule has 0 radical (unpaired) electrons. The molecular weight excluding hydrogens is 172 g/mol. The molecule has 1 aliphatic carbocycles. The van der Waals surface area contributed by atoms with Gasteiger partial charge in [0, 0.05) is 0 Å². The number of hydrogen-bond acceptors (Lipinski definition) is 3. The first-order valence-corrected chi connectivity index (χ1v) is 5.13. The molecule has 1 fully saturated rings. The Morgan fingerprint density at radius 3 is 2.67 bits per heavy atom. The van der Waals surface area contributed by atoms with Crippen molar-refractivity contribution in [3.05, 3.63) is 0 Å². The van der Waals surface area contributed by atoms with Crippen LogP contribution in [0.2, 0.25) is 0 Å². The van der Waals surface area contributed by atoms with E-state index in [1.807, 2.05) is 12.3 Å². The zero-order chi connectivity index (χ0) is 9.19. The van der Waals surface area contributed by atoms with Gasteiger partial charge < -0.3 is 5.32 Å².